The number of hydrogen-bond donors (Lipinski definition) is 1. The third-order valence-corrected chi connectivity index (χ3v) is 3.22. The number of amides is 1. The second-order valence-corrected chi connectivity index (χ2v) is 6.06. The van der Waals surface area contributed by atoms with E-state index in [-0.39, 0.29) is 18.6 Å². The van der Waals surface area contributed by atoms with Gasteiger partial charge in [-0.1, -0.05) is 13.0 Å². The first-order chi connectivity index (χ1) is 7.27. The molecule has 0 aromatic heterocycles. The predicted molar refractivity (Wildman–Crippen MR) is 60.3 cm³/mol. The van der Waals surface area contributed by atoms with Crippen LogP contribution in [0.5, 0.6) is 0 Å². The second kappa shape index (κ2) is 4.55. The Kier molecular flexibility index (Phi) is 3.75. The maximum atomic E-state index is 11.7. The first-order valence-electron chi connectivity index (χ1n) is 5.03. The maximum Gasteiger partial charge on any atom is 0.264 e. The Balaban J connectivity index is 2.57. The fourth-order valence-corrected chi connectivity index (χ4v) is 2.26. The van der Waals surface area contributed by atoms with E-state index in [0.29, 0.717) is 12.8 Å². The van der Waals surface area contributed by atoms with Gasteiger partial charge in [-0.05, 0) is 12.8 Å². The molecule has 0 aliphatic carbocycles. The van der Waals surface area contributed by atoms with Crippen LogP contribution in [0, 0.1) is 5.41 Å². The minimum absolute atomic E-state index is 0.00267. The van der Waals surface area contributed by atoms with Crippen LogP contribution in [0.1, 0.15) is 19.8 Å². The lowest BCUT2D eigenvalue weighted by Gasteiger charge is -2.17. The van der Waals surface area contributed by atoms with Crippen LogP contribution < -0.4 is 5.32 Å². The SMILES string of the molecule is C=CC[C@]1(C)C[C@@H](COS(C)(=O)=O)NC1=O. The first-order valence-corrected chi connectivity index (χ1v) is 6.85. The normalized spacial score (nSPS) is 30.1. The third-order valence-electron chi connectivity index (χ3n) is 2.66. The molecule has 1 fully saturated rings. The molecule has 1 aliphatic rings. The average molecular weight is 247 g/mol. The van der Waals surface area contributed by atoms with Crippen molar-refractivity contribution in [3.05, 3.63) is 12.7 Å². The van der Waals surface area contributed by atoms with Crippen LogP contribution in [0.3, 0.4) is 0 Å². The zero-order valence-corrected chi connectivity index (χ0v) is 10.3. The van der Waals surface area contributed by atoms with E-state index in [4.69, 9.17) is 0 Å². The van der Waals surface area contributed by atoms with Gasteiger partial charge in [-0.25, -0.2) is 0 Å². The van der Waals surface area contributed by atoms with Crippen LogP contribution >= 0.6 is 0 Å². The van der Waals surface area contributed by atoms with Crippen LogP contribution in [-0.2, 0) is 19.1 Å². The maximum absolute atomic E-state index is 11.7. The van der Waals surface area contributed by atoms with Crippen molar-refractivity contribution in [2.24, 2.45) is 5.41 Å². The van der Waals surface area contributed by atoms with Gasteiger partial charge in [-0.3, -0.25) is 8.98 Å². The van der Waals surface area contributed by atoms with Crippen LogP contribution in [0.25, 0.3) is 0 Å². The monoisotopic (exact) mass is 247 g/mol. The minimum Gasteiger partial charge on any atom is -0.350 e. The Labute approximate surface area is 96.0 Å². The summed E-state index contributed by atoms with van der Waals surface area (Å²) in [6.07, 6.45) is 3.83. The highest BCUT2D eigenvalue weighted by Crippen LogP contribution is 2.33. The number of nitrogens with one attached hydrogen (secondary N) is 1. The van der Waals surface area contributed by atoms with E-state index in [2.05, 4.69) is 16.1 Å². The van der Waals surface area contributed by atoms with Crippen molar-refractivity contribution in [1.29, 1.82) is 0 Å². The summed E-state index contributed by atoms with van der Waals surface area (Å²) in [6, 6.07) is -0.243. The van der Waals surface area contributed by atoms with E-state index < -0.39 is 15.5 Å². The van der Waals surface area contributed by atoms with E-state index >= 15 is 0 Å². The van der Waals surface area contributed by atoms with Crippen LogP contribution in [0.4, 0.5) is 0 Å². The summed E-state index contributed by atoms with van der Waals surface area (Å²) < 4.78 is 26.3. The first kappa shape index (κ1) is 13.2. The molecular formula is C10H17NO4S. The molecule has 0 radical (unpaired) electrons. The van der Waals surface area contributed by atoms with Crippen LogP contribution in [0.15, 0.2) is 12.7 Å². The van der Waals surface area contributed by atoms with E-state index in [1.54, 1.807) is 6.08 Å². The van der Waals surface area contributed by atoms with Gasteiger partial charge in [0.15, 0.2) is 0 Å². The van der Waals surface area contributed by atoms with Gasteiger partial charge in [0.05, 0.1) is 24.3 Å². The molecule has 1 rings (SSSR count). The van der Waals surface area contributed by atoms with E-state index in [1.165, 1.54) is 0 Å². The molecule has 1 saturated heterocycles. The van der Waals surface area contributed by atoms with Gasteiger partial charge in [0.25, 0.3) is 10.1 Å². The van der Waals surface area contributed by atoms with Gasteiger partial charge in [0.1, 0.15) is 0 Å². The molecule has 1 aliphatic heterocycles. The topological polar surface area (TPSA) is 72.5 Å². The summed E-state index contributed by atoms with van der Waals surface area (Å²) in [7, 11) is -3.45. The average Bonchev–Trinajstić information content (AvgIpc) is 2.39. The van der Waals surface area contributed by atoms with Gasteiger partial charge in [0, 0.05) is 0 Å². The standard InChI is InChI=1S/C10H17NO4S/c1-4-5-10(2)6-8(11-9(10)12)7-15-16(3,13)14/h4,8H,1,5-7H2,2-3H3,(H,11,12)/t8-,10+/m0/s1. The molecule has 0 bridgehead atoms. The molecular weight excluding hydrogens is 230 g/mol. The van der Waals surface area contributed by atoms with Gasteiger partial charge in [-0.15, -0.1) is 6.58 Å². The molecule has 1 amide bonds. The predicted octanol–water partition coefficient (Wildman–Crippen LogP) is 0.434. The van der Waals surface area contributed by atoms with Gasteiger partial charge >= 0.3 is 0 Å². The molecule has 2 atom stereocenters. The Morgan fingerprint density at radius 3 is 2.81 bits per heavy atom. The third kappa shape index (κ3) is 3.31. The number of carbonyl (C=O) groups excluding carboxylic acids is 1. The number of allylic oxidation sites excluding steroid dienone is 1. The van der Waals surface area contributed by atoms with Crippen molar-refractivity contribution < 1.29 is 17.4 Å². The zero-order valence-electron chi connectivity index (χ0n) is 9.52. The van der Waals surface area contributed by atoms with Gasteiger partial charge in [0.2, 0.25) is 5.91 Å². The summed E-state index contributed by atoms with van der Waals surface area (Å²) in [5, 5.41) is 2.73. The summed E-state index contributed by atoms with van der Waals surface area (Å²) in [4.78, 5) is 11.7. The van der Waals surface area contributed by atoms with Crippen LogP contribution in [0.2, 0.25) is 0 Å². The molecule has 1 heterocycles. The Morgan fingerprint density at radius 2 is 2.31 bits per heavy atom. The molecule has 0 aromatic carbocycles. The highest BCUT2D eigenvalue weighted by atomic mass is 32.2. The van der Waals surface area contributed by atoms with Crippen LogP contribution in [-0.4, -0.2) is 33.2 Å². The largest absolute Gasteiger partial charge is 0.350 e. The lowest BCUT2D eigenvalue weighted by Crippen LogP contribution is -2.32. The summed E-state index contributed by atoms with van der Waals surface area (Å²) in [6.45, 7) is 5.44. The molecule has 6 heteroatoms. The lowest BCUT2D eigenvalue weighted by atomic mass is 9.84. The molecule has 92 valence electrons. The van der Waals surface area contributed by atoms with Crippen molar-refractivity contribution >= 4 is 16.0 Å². The summed E-state index contributed by atoms with van der Waals surface area (Å²) >= 11 is 0. The Bertz CT molecular complexity index is 390. The molecule has 1 N–H and O–H groups in total. The highest BCUT2D eigenvalue weighted by molar-refractivity contribution is 7.85. The van der Waals surface area contributed by atoms with Crippen molar-refractivity contribution in [2.45, 2.75) is 25.8 Å². The number of carbonyl (C=O) groups is 1. The lowest BCUT2D eigenvalue weighted by molar-refractivity contribution is -0.126. The Hall–Kier alpha value is -0.880. The van der Waals surface area contributed by atoms with E-state index in [0.717, 1.165) is 6.26 Å². The van der Waals surface area contributed by atoms with Gasteiger partial charge < -0.3 is 5.32 Å². The summed E-state index contributed by atoms with van der Waals surface area (Å²) in [5.74, 6) is -0.0745. The molecule has 0 aromatic rings. The molecule has 0 spiro atoms. The summed E-state index contributed by atoms with van der Waals surface area (Å²) in [5.41, 5.74) is -0.493. The zero-order chi connectivity index (χ0) is 12.4. The number of rotatable bonds is 5. The van der Waals surface area contributed by atoms with Crippen molar-refractivity contribution in [3.63, 3.8) is 0 Å². The quantitative estimate of drug-likeness (QED) is 0.565. The van der Waals surface area contributed by atoms with Crippen molar-refractivity contribution in [2.75, 3.05) is 12.9 Å². The smallest absolute Gasteiger partial charge is 0.264 e. The van der Waals surface area contributed by atoms with Crippen molar-refractivity contribution in [1.82, 2.24) is 5.32 Å². The Morgan fingerprint density at radius 1 is 1.69 bits per heavy atom. The minimum atomic E-state index is -3.45. The molecule has 16 heavy (non-hydrogen) atoms. The second-order valence-electron chi connectivity index (χ2n) is 4.42. The number of hydrogen-bond acceptors (Lipinski definition) is 4. The van der Waals surface area contributed by atoms with E-state index in [9.17, 15) is 13.2 Å². The van der Waals surface area contributed by atoms with Crippen molar-refractivity contribution in [3.8, 4) is 0 Å². The van der Waals surface area contributed by atoms with Gasteiger partial charge in [-0.2, -0.15) is 8.42 Å². The highest BCUT2D eigenvalue weighted by Gasteiger charge is 2.42. The fraction of sp³-hybridized carbons (Fsp3) is 0.700. The molecule has 0 unspecified atom stereocenters. The molecule has 5 nitrogen and oxygen atoms in total. The molecule has 0 saturated carbocycles. The van der Waals surface area contributed by atoms with E-state index in [1.807, 2.05) is 6.92 Å². The fourth-order valence-electron chi connectivity index (χ4n) is 1.85.